The van der Waals surface area contributed by atoms with E-state index in [9.17, 15) is 0 Å². The molecule has 92 valence electrons. The maximum absolute atomic E-state index is 6.33. The Hall–Kier alpha value is -1.02. The molecule has 1 saturated carbocycles. The van der Waals surface area contributed by atoms with E-state index in [0.717, 1.165) is 31.1 Å². The lowest BCUT2D eigenvalue weighted by Crippen LogP contribution is -2.14. The number of benzene rings is 1. The highest BCUT2D eigenvalue weighted by Gasteiger charge is 2.20. The minimum absolute atomic E-state index is 0.212. The van der Waals surface area contributed by atoms with Crippen LogP contribution in [0.1, 0.15) is 49.3 Å². The van der Waals surface area contributed by atoms with Gasteiger partial charge in [-0.05, 0) is 29.5 Å². The molecule has 1 unspecified atom stereocenters. The zero-order valence-electron chi connectivity index (χ0n) is 10.3. The number of fused-ring (bicyclic) bond motifs is 1. The Morgan fingerprint density at radius 1 is 1.29 bits per heavy atom. The number of hydrogen-bond acceptors (Lipinski definition) is 2. The molecule has 1 fully saturated rings. The van der Waals surface area contributed by atoms with Gasteiger partial charge in [-0.3, -0.25) is 0 Å². The van der Waals surface area contributed by atoms with Crippen molar-refractivity contribution in [3.8, 4) is 5.75 Å². The number of hydrogen-bond donors (Lipinski definition) is 1. The van der Waals surface area contributed by atoms with Crippen molar-refractivity contribution in [3.63, 3.8) is 0 Å². The van der Waals surface area contributed by atoms with Crippen LogP contribution in [-0.2, 0) is 6.42 Å². The molecule has 0 saturated heterocycles. The van der Waals surface area contributed by atoms with Gasteiger partial charge >= 0.3 is 0 Å². The first-order valence-electron chi connectivity index (χ1n) is 6.84. The smallest absolute Gasteiger partial charge is 0.122 e. The van der Waals surface area contributed by atoms with Gasteiger partial charge in [-0.25, -0.2) is 0 Å². The molecule has 0 bridgehead atoms. The second kappa shape index (κ2) is 4.69. The molecule has 0 amide bonds. The molecular formula is C15H21NO. The number of rotatable bonds is 3. The zero-order valence-corrected chi connectivity index (χ0v) is 10.3. The summed E-state index contributed by atoms with van der Waals surface area (Å²) in [4.78, 5) is 0. The quantitative estimate of drug-likeness (QED) is 0.867. The molecule has 1 atom stereocenters. The Morgan fingerprint density at radius 3 is 2.94 bits per heavy atom. The summed E-state index contributed by atoms with van der Waals surface area (Å²) in [5.41, 5.74) is 8.96. The van der Waals surface area contributed by atoms with Gasteiger partial charge in [0.1, 0.15) is 5.75 Å². The molecule has 2 aliphatic rings. The molecular weight excluding hydrogens is 210 g/mol. The van der Waals surface area contributed by atoms with Crippen molar-refractivity contribution >= 4 is 0 Å². The minimum atomic E-state index is 0.212. The Balaban J connectivity index is 1.70. The summed E-state index contributed by atoms with van der Waals surface area (Å²) >= 11 is 0. The van der Waals surface area contributed by atoms with Gasteiger partial charge in [-0.15, -0.1) is 0 Å². The Labute approximate surface area is 103 Å². The largest absolute Gasteiger partial charge is 0.493 e. The molecule has 0 aromatic heterocycles. The molecule has 1 aliphatic heterocycles. The first kappa shape index (κ1) is 11.1. The lowest BCUT2D eigenvalue weighted by atomic mass is 9.93. The average Bonchev–Trinajstić information content (AvgIpc) is 2.97. The van der Waals surface area contributed by atoms with E-state index in [2.05, 4.69) is 18.2 Å². The first-order valence-corrected chi connectivity index (χ1v) is 6.84. The van der Waals surface area contributed by atoms with Gasteiger partial charge in [0, 0.05) is 12.5 Å². The normalized spacial score (nSPS) is 21.2. The van der Waals surface area contributed by atoms with Crippen molar-refractivity contribution in [2.45, 2.75) is 44.6 Å². The highest BCUT2D eigenvalue weighted by atomic mass is 16.5. The van der Waals surface area contributed by atoms with Gasteiger partial charge in [-0.2, -0.15) is 0 Å². The topological polar surface area (TPSA) is 35.2 Å². The first-order chi connectivity index (χ1) is 8.33. The summed E-state index contributed by atoms with van der Waals surface area (Å²) < 4.78 is 5.53. The monoisotopic (exact) mass is 231 g/mol. The van der Waals surface area contributed by atoms with E-state index < -0.39 is 0 Å². The third-order valence-corrected chi connectivity index (χ3v) is 4.20. The molecule has 2 N–H and O–H groups in total. The molecule has 1 aromatic rings. The van der Waals surface area contributed by atoms with Crippen LogP contribution in [0, 0.1) is 5.92 Å². The minimum Gasteiger partial charge on any atom is -0.493 e. The molecule has 17 heavy (non-hydrogen) atoms. The molecule has 0 spiro atoms. The molecule has 3 rings (SSSR count). The Kier molecular flexibility index (Phi) is 3.06. The van der Waals surface area contributed by atoms with Crippen molar-refractivity contribution in [1.82, 2.24) is 0 Å². The van der Waals surface area contributed by atoms with E-state index in [1.54, 1.807) is 0 Å². The standard InChI is InChI=1S/C15H21NO/c16-14(9-11-3-1-2-4-11)12-5-6-15-13(10-12)7-8-17-15/h5-6,10-11,14H,1-4,7-9,16H2. The van der Waals surface area contributed by atoms with Crippen LogP contribution in [0.4, 0.5) is 0 Å². The maximum Gasteiger partial charge on any atom is 0.122 e. The van der Waals surface area contributed by atoms with E-state index in [1.165, 1.54) is 36.8 Å². The Bertz CT molecular complexity index is 396. The molecule has 1 heterocycles. The van der Waals surface area contributed by atoms with Crippen LogP contribution in [0.5, 0.6) is 5.75 Å². The fourth-order valence-corrected chi connectivity index (χ4v) is 3.18. The summed E-state index contributed by atoms with van der Waals surface area (Å²) in [6.07, 6.45) is 7.74. The molecule has 0 radical (unpaired) electrons. The fourth-order valence-electron chi connectivity index (χ4n) is 3.18. The lowest BCUT2D eigenvalue weighted by molar-refractivity contribution is 0.356. The highest BCUT2D eigenvalue weighted by Crippen LogP contribution is 2.34. The summed E-state index contributed by atoms with van der Waals surface area (Å²) in [7, 11) is 0. The molecule has 1 aromatic carbocycles. The Morgan fingerprint density at radius 2 is 2.12 bits per heavy atom. The van der Waals surface area contributed by atoms with E-state index in [4.69, 9.17) is 10.5 Å². The molecule has 1 aliphatic carbocycles. The van der Waals surface area contributed by atoms with Gasteiger partial charge in [-0.1, -0.05) is 37.8 Å². The van der Waals surface area contributed by atoms with Gasteiger partial charge in [0.25, 0.3) is 0 Å². The summed E-state index contributed by atoms with van der Waals surface area (Å²) in [5, 5.41) is 0. The van der Waals surface area contributed by atoms with Gasteiger partial charge in [0.15, 0.2) is 0 Å². The summed E-state index contributed by atoms with van der Waals surface area (Å²) in [6, 6.07) is 6.70. The predicted molar refractivity (Wildman–Crippen MR) is 69.1 cm³/mol. The van der Waals surface area contributed by atoms with Crippen molar-refractivity contribution in [3.05, 3.63) is 29.3 Å². The lowest BCUT2D eigenvalue weighted by Gasteiger charge is -2.17. The summed E-state index contributed by atoms with van der Waals surface area (Å²) in [5.74, 6) is 1.91. The van der Waals surface area contributed by atoms with Gasteiger partial charge < -0.3 is 10.5 Å². The number of ether oxygens (including phenoxy) is 1. The van der Waals surface area contributed by atoms with Crippen molar-refractivity contribution < 1.29 is 4.74 Å². The predicted octanol–water partition coefficient (Wildman–Crippen LogP) is 3.20. The van der Waals surface area contributed by atoms with Gasteiger partial charge in [0.05, 0.1) is 6.61 Å². The summed E-state index contributed by atoms with van der Waals surface area (Å²) in [6.45, 7) is 0.830. The van der Waals surface area contributed by atoms with E-state index in [-0.39, 0.29) is 6.04 Å². The highest BCUT2D eigenvalue weighted by molar-refractivity contribution is 5.40. The fraction of sp³-hybridized carbons (Fsp3) is 0.600. The third-order valence-electron chi connectivity index (χ3n) is 4.20. The van der Waals surface area contributed by atoms with Crippen molar-refractivity contribution in [1.29, 1.82) is 0 Å². The second-order valence-corrected chi connectivity index (χ2v) is 5.46. The van der Waals surface area contributed by atoms with Crippen molar-refractivity contribution in [2.75, 3.05) is 6.61 Å². The number of nitrogens with two attached hydrogens (primary N) is 1. The van der Waals surface area contributed by atoms with Crippen LogP contribution in [0.25, 0.3) is 0 Å². The van der Waals surface area contributed by atoms with Crippen LogP contribution >= 0.6 is 0 Å². The van der Waals surface area contributed by atoms with Gasteiger partial charge in [0.2, 0.25) is 0 Å². The zero-order chi connectivity index (χ0) is 11.7. The van der Waals surface area contributed by atoms with E-state index in [1.807, 2.05) is 0 Å². The van der Waals surface area contributed by atoms with Crippen LogP contribution in [-0.4, -0.2) is 6.61 Å². The molecule has 2 nitrogen and oxygen atoms in total. The van der Waals surface area contributed by atoms with E-state index in [0.29, 0.717) is 0 Å². The van der Waals surface area contributed by atoms with Crippen molar-refractivity contribution in [2.24, 2.45) is 11.7 Å². The van der Waals surface area contributed by atoms with Crippen LogP contribution < -0.4 is 10.5 Å². The van der Waals surface area contributed by atoms with Crippen LogP contribution in [0.2, 0.25) is 0 Å². The molecule has 2 heteroatoms. The van der Waals surface area contributed by atoms with Crippen LogP contribution in [0.3, 0.4) is 0 Å². The maximum atomic E-state index is 6.33. The average molecular weight is 231 g/mol. The van der Waals surface area contributed by atoms with Crippen LogP contribution in [0.15, 0.2) is 18.2 Å². The van der Waals surface area contributed by atoms with E-state index >= 15 is 0 Å². The third kappa shape index (κ3) is 2.32. The SMILES string of the molecule is NC(CC1CCCC1)c1ccc2c(c1)CCO2. The second-order valence-electron chi connectivity index (χ2n) is 5.46.